The van der Waals surface area contributed by atoms with Crippen LogP contribution in [0.5, 0.6) is 5.75 Å². The van der Waals surface area contributed by atoms with E-state index in [9.17, 15) is 23.2 Å². The molecule has 42 heavy (non-hydrogen) atoms. The van der Waals surface area contributed by atoms with E-state index in [4.69, 9.17) is 18.9 Å². The van der Waals surface area contributed by atoms with E-state index >= 15 is 0 Å². The molecule has 3 aromatic rings. The number of carbonyl (C=O) groups is 3. The highest BCUT2D eigenvalue weighted by Gasteiger charge is 2.36. The molecule has 0 radical (unpaired) electrons. The summed E-state index contributed by atoms with van der Waals surface area (Å²) in [5.41, 5.74) is 1.82. The van der Waals surface area contributed by atoms with Gasteiger partial charge in [0.1, 0.15) is 18.0 Å². The molecule has 1 amide bonds. The minimum atomic E-state index is -2.61. The Labute approximate surface area is 243 Å². The van der Waals surface area contributed by atoms with Crippen LogP contribution in [0.2, 0.25) is 0 Å². The Morgan fingerprint density at radius 1 is 1.07 bits per heavy atom. The van der Waals surface area contributed by atoms with Crippen molar-refractivity contribution in [2.45, 2.75) is 64.7 Å². The Bertz CT molecular complexity index is 1460. The summed E-state index contributed by atoms with van der Waals surface area (Å²) in [7, 11) is 2.75. The molecule has 1 aliphatic rings. The van der Waals surface area contributed by atoms with Crippen LogP contribution in [0.25, 0.3) is 10.9 Å². The summed E-state index contributed by atoms with van der Waals surface area (Å²) in [4.78, 5) is 41.0. The van der Waals surface area contributed by atoms with Crippen LogP contribution >= 0.6 is 0 Å². The largest absolute Gasteiger partial charge is 0.496 e. The number of nitrogens with zero attached hydrogens (tertiary/aromatic N) is 2. The topological polar surface area (TPSA) is 96.3 Å². The second-order valence-corrected chi connectivity index (χ2v) is 11.2. The smallest absolute Gasteiger partial charge is 0.419 e. The van der Waals surface area contributed by atoms with Crippen molar-refractivity contribution >= 4 is 28.9 Å². The van der Waals surface area contributed by atoms with E-state index in [0.29, 0.717) is 39.8 Å². The van der Waals surface area contributed by atoms with E-state index in [1.807, 2.05) is 6.92 Å². The molecule has 11 heteroatoms. The first-order valence-electron chi connectivity index (χ1n) is 13.7. The lowest BCUT2D eigenvalue weighted by molar-refractivity contribution is -0.0546. The van der Waals surface area contributed by atoms with Crippen LogP contribution in [0.4, 0.5) is 13.6 Å². The molecular weight excluding hydrogens is 550 g/mol. The molecule has 4 rings (SSSR count). The predicted octanol–water partition coefficient (Wildman–Crippen LogP) is 6.16. The van der Waals surface area contributed by atoms with Crippen LogP contribution in [0.15, 0.2) is 42.6 Å². The van der Waals surface area contributed by atoms with Crippen molar-refractivity contribution in [3.63, 3.8) is 0 Å². The molecule has 1 fully saturated rings. The highest BCUT2D eigenvalue weighted by molar-refractivity contribution is 6.11. The van der Waals surface area contributed by atoms with E-state index in [1.165, 1.54) is 18.8 Å². The Morgan fingerprint density at radius 2 is 1.76 bits per heavy atom. The molecule has 2 aromatic carbocycles. The molecule has 9 nitrogen and oxygen atoms in total. The summed E-state index contributed by atoms with van der Waals surface area (Å²) < 4.78 is 48.7. The zero-order valence-electron chi connectivity index (χ0n) is 24.6. The van der Waals surface area contributed by atoms with Crippen molar-refractivity contribution in [3.8, 4) is 5.75 Å². The Morgan fingerprint density at radius 3 is 2.36 bits per heavy atom. The Kier molecular flexibility index (Phi) is 9.20. The second-order valence-electron chi connectivity index (χ2n) is 11.2. The molecule has 2 heterocycles. The standard InChI is InChI=1S/C31H36F2N2O7/c1-18-15-24(39-5)26(22-12-14-35(27(18)22)30(38)42-31(2,3)4)28(36)34-13-11-21(41-17-25(32)33)16-23(34)19-7-9-20(10-8-19)29(37)40-6/h7-10,12,14-15,21,23,25H,11,13,16-17H2,1-6H3/t21-,23+/m1/s1. The van der Waals surface area contributed by atoms with Crippen molar-refractivity contribution in [2.24, 2.45) is 0 Å². The summed E-state index contributed by atoms with van der Waals surface area (Å²) >= 11 is 0. The number of aryl methyl sites for hydroxylation is 1. The number of esters is 1. The van der Waals surface area contributed by atoms with E-state index in [-0.39, 0.29) is 24.4 Å². The number of alkyl halides is 2. The van der Waals surface area contributed by atoms with Gasteiger partial charge < -0.3 is 23.8 Å². The number of rotatable bonds is 7. The molecule has 226 valence electrons. The van der Waals surface area contributed by atoms with E-state index in [0.717, 1.165) is 0 Å². The van der Waals surface area contributed by atoms with Gasteiger partial charge in [-0.05, 0) is 75.9 Å². The van der Waals surface area contributed by atoms with Crippen molar-refractivity contribution in [1.29, 1.82) is 0 Å². The first kappa shape index (κ1) is 31.0. The fourth-order valence-corrected chi connectivity index (χ4v) is 5.31. The third-order valence-electron chi connectivity index (χ3n) is 7.14. The SMILES string of the molecule is COC(=O)c1ccc([C@@H]2C[C@H](OCC(F)F)CCN2C(=O)c2c(OC)cc(C)c3c2ccn3C(=O)OC(C)(C)C)cc1. The summed E-state index contributed by atoms with van der Waals surface area (Å²) in [6.45, 7) is 6.66. The van der Waals surface area contributed by atoms with E-state index in [2.05, 4.69) is 0 Å². The van der Waals surface area contributed by atoms with Gasteiger partial charge in [0.25, 0.3) is 12.3 Å². The Hall–Kier alpha value is -3.99. The summed E-state index contributed by atoms with van der Waals surface area (Å²) in [5, 5.41) is 0.513. The van der Waals surface area contributed by atoms with Gasteiger partial charge >= 0.3 is 12.1 Å². The molecule has 0 N–H and O–H groups in total. The van der Waals surface area contributed by atoms with Crippen LogP contribution < -0.4 is 4.74 Å². The van der Waals surface area contributed by atoms with E-state index in [1.54, 1.807) is 68.3 Å². The zero-order chi connectivity index (χ0) is 30.8. The van der Waals surface area contributed by atoms with Gasteiger partial charge in [0, 0.05) is 18.1 Å². The monoisotopic (exact) mass is 586 g/mol. The third kappa shape index (κ3) is 6.56. The van der Waals surface area contributed by atoms with Gasteiger partial charge in [0.2, 0.25) is 0 Å². The second kappa shape index (κ2) is 12.5. The molecule has 0 unspecified atom stereocenters. The van der Waals surface area contributed by atoms with Gasteiger partial charge in [-0.3, -0.25) is 9.36 Å². The molecule has 0 aliphatic carbocycles. The molecule has 0 saturated carbocycles. The lowest BCUT2D eigenvalue weighted by atomic mass is 9.91. The number of hydrogen-bond donors (Lipinski definition) is 0. The van der Waals surface area contributed by atoms with Gasteiger partial charge in [-0.1, -0.05) is 12.1 Å². The first-order chi connectivity index (χ1) is 19.8. The number of piperidine rings is 1. The number of aromatic nitrogens is 1. The van der Waals surface area contributed by atoms with Gasteiger partial charge in [-0.15, -0.1) is 0 Å². The van der Waals surface area contributed by atoms with Crippen LogP contribution in [0.1, 0.15) is 71.5 Å². The number of fused-ring (bicyclic) bond motifs is 1. The van der Waals surface area contributed by atoms with Gasteiger partial charge in [0.15, 0.2) is 0 Å². The van der Waals surface area contributed by atoms with Crippen molar-refractivity contribution in [3.05, 3.63) is 64.8 Å². The van der Waals surface area contributed by atoms with Crippen LogP contribution in [0.3, 0.4) is 0 Å². The fourth-order valence-electron chi connectivity index (χ4n) is 5.31. The average molecular weight is 587 g/mol. The highest BCUT2D eigenvalue weighted by atomic mass is 19.3. The number of halogens is 2. The summed E-state index contributed by atoms with van der Waals surface area (Å²) in [5.74, 6) is -0.520. The quantitative estimate of drug-likeness (QED) is 0.306. The van der Waals surface area contributed by atoms with Crippen LogP contribution in [0, 0.1) is 6.92 Å². The van der Waals surface area contributed by atoms with E-state index < -0.39 is 42.8 Å². The average Bonchev–Trinajstić information content (AvgIpc) is 3.40. The number of carbonyl (C=O) groups excluding carboxylic acids is 3. The highest BCUT2D eigenvalue weighted by Crippen LogP contribution is 2.39. The minimum absolute atomic E-state index is 0.224. The molecule has 0 bridgehead atoms. The molecular formula is C31H36F2N2O7. The normalized spacial score (nSPS) is 17.4. The fraction of sp³-hybridized carbons (Fsp3) is 0.452. The van der Waals surface area contributed by atoms with Gasteiger partial charge in [-0.2, -0.15) is 0 Å². The third-order valence-corrected chi connectivity index (χ3v) is 7.14. The molecule has 1 aromatic heterocycles. The number of amides is 1. The Balaban J connectivity index is 1.77. The van der Waals surface area contributed by atoms with Gasteiger partial charge in [0.05, 0.1) is 43.0 Å². The number of benzene rings is 2. The number of hydrogen-bond acceptors (Lipinski definition) is 7. The number of methoxy groups -OCH3 is 2. The van der Waals surface area contributed by atoms with Crippen LogP contribution in [-0.4, -0.2) is 72.9 Å². The van der Waals surface area contributed by atoms with Crippen molar-refractivity contribution in [1.82, 2.24) is 9.47 Å². The predicted molar refractivity (Wildman–Crippen MR) is 151 cm³/mol. The van der Waals surface area contributed by atoms with Crippen molar-refractivity contribution in [2.75, 3.05) is 27.4 Å². The lowest BCUT2D eigenvalue weighted by Gasteiger charge is -2.40. The molecule has 1 aliphatic heterocycles. The molecule has 2 atom stereocenters. The first-order valence-corrected chi connectivity index (χ1v) is 13.7. The van der Waals surface area contributed by atoms with Crippen molar-refractivity contribution < 1.29 is 42.1 Å². The maximum Gasteiger partial charge on any atom is 0.419 e. The van der Waals surface area contributed by atoms with Crippen LogP contribution in [-0.2, 0) is 14.2 Å². The molecule has 0 spiro atoms. The maximum absolute atomic E-state index is 14.4. The summed E-state index contributed by atoms with van der Waals surface area (Å²) in [6.07, 6.45) is -1.50. The number of likely N-dealkylation sites (tertiary alicyclic amines) is 1. The maximum atomic E-state index is 14.4. The minimum Gasteiger partial charge on any atom is -0.496 e. The number of ether oxygens (including phenoxy) is 4. The molecule has 1 saturated heterocycles. The summed E-state index contributed by atoms with van der Waals surface area (Å²) in [6, 6.07) is 9.46. The van der Waals surface area contributed by atoms with Gasteiger partial charge in [-0.25, -0.2) is 18.4 Å². The zero-order valence-corrected chi connectivity index (χ0v) is 24.6. The lowest BCUT2D eigenvalue weighted by Crippen LogP contribution is -2.43.